The third-order valence-electron chi connectivity index (χ3n) is 3.55. The second-order valence-electron chi connectivity index (χ2n) is 5.22. The van der Waals surface area contributed by atoms with E-state index in [1.807, 2.05) is 31.2 Å². The first-order chi connectivity index (χ1) is 9.13. The maximum atomic E-state index is 12.2. The normalized spacial score (nSPS) is 16.9. The van der Waals surface area contributed by atoms with E-state index in [-0.39, 0.29) is 23.9 Å². The molecule has 2 rings (SSSR count). The molecule has 1 aromatic rings. The molecule has 0 atom stereocenters. The van der Waals surface area contributed by atoms with Crippen molar-refractivity contribution in [3.8, 4) is 5.75 Å². The van der Waals surface area contributed by atoms with E-state index in [9.17, 15) is 4.79 Å². The smallest absolute Gasteiger partial charge is 0.251 e. The van der Waals surface area contributed by atoms with Crippen LogP contribution in [0.1, 0.15) is 37.0 Å². The van der Waals surface area contributed by atoms with E-state index in [2.05, 4.69) is 17.6 Å². The Bertz CT molecular complexity index is 428. The summed E-state index contributed by atoms with van der Waals surface area (Å²) in [6.07, 6.45) is 1.94. The SMILES string of the molecule is CCOc1ccc(C(=O)NC2(C)CCNCC2)cc1.Cl. The average molecular weight is 299 g/mol. The minimum Gasteiger partial charge on any atom is -0.494 e. The number of nitrogens with one attached hydrogen (secondary N) is 2. The van der Waals surface area contributed by atoms with Crippen LogP contribution in [0.4, 0.5) is 0 Å². The Morgan fingerprint density at radius 3 is 2.45 bits per heavy atom. The van der Waals surface area contributed by atoms with Gasteiger partial charge in [-0.25, -0.2) is 0 Å². The standard InChI is InChI=1S/C15H22N2O2.ClH/c1-3-19-13-6-4-12(5-7-13)14(18)17-15(2)8-10-16-11-9-15;/h4-7,16H,3,8-11H2,1-2H3,(H,17,18);1H. The molecule has 0 aliphatic carbocycles. The van der Waals surface area contributed by atoms with Gasteiger partial charge in [0.1, 0.15) is 5.75 Å². The molecule has 1 fully saturated rings. The van der Waals surface area contributed by atoms with E-state index in [1.54, 1.807) is 0 Å². The third-order valence-corrected chi connectivity index (χ3v) is 3.55. The van der Waals surface area contributed by atoms with Crippen LogP contribution in [0.2, 0.25) is 0 Å². The van der Waals surface area contributed by atoms with Crippen LogP contribution in [0, 0.1) is 0 Å². The fourth-order valence-electron chi connectivity index (χ4n) is 2.32. The van der Waals surface area contributed by atoms with E-state index < -0.39 is 0 Å². The number of halogens is 1. The van der Waals surface area contributed by atoms with E-state index >= 15 is 0 Å². The lowest BCUT2D eigenvalue weighted by molar-refractivity contribution is 0.0887. The Balaban J connectivity index is 0.00000200. The monoisotopic (exact) mass is 298 g/mol. The molecule has 0 spiro atoms. The minimum absolute atomic E-state index is 0. The van der Waals surface area contributed by atoms with Gasteiger partial charge in [-0.1, -0.05) is 0 Å². The Morgan fingerprint density at radius 2 is 1.90 bits per heavy atom. The molecule has 2 N–H and O–H groups in total. The molecule has 20 heavy (non-hydrogen) atoms. The van der Waals surface area contributed by atoms with Gasteiger partial charge in [0, 0.05) is 11.1 Å². The molecule has 0 unspecified atom stereocenters. The zero-order valence-corrected chi connectivity index (χ0v) is 12.9. The van der Waals surface area contributed by atoms with E-state index in [1.165, 1.54) is 0 Å². The molecule has 1 amide bonds. The first-order valence-electron chi connectivity index (χ1n) is 6.89. The van der Waals surface area contributed by atoms with Gasteiger partial charge in [-0.05, 0) is 64.0 Å². The lowest BCUT2D eigenvalue weighted by Crippen LogP contribution is -2.52. The molecule has 1 aliphatic heterocycles. The van der Waals surface area contributed by atoms with Crippen LogP contribution in [0.3, 0.4) is 0 Å². The van der Waals surface area contributed by atoms with Crippen molar-refractivity contribution in [1.82, 2.24) is 10.6 Å². The minimum atomic E-state index is -0.0963. The van der Waals surface area contributed by atoms with Gasteiger partial charge >= 0.3 is 0 Å². The van der Waals surface area contributed by atoms with Crippen LogP contribution in [0.15, 0.2) is 24.3 Å². The Labute approximate surface area is 126 Å². The van der Waals surface area contributed by atoms with Gasteiger partial charge in [0.05, 0.1) is 6.61 Å². The van der Waals surface area contributed by atoms with Gasteiger partial charge in [-0.3, -0.25) is 4.79 Å². The van der Waals surface area contributed by atoms with Crippen molar-refractivity contribution < 1.29 is 9.53 Å². The van der Waals surface area contributed by atoms with Gasteiger partial charge < -0.3 is 15.4 Å². The zero-order chi connectivity index (χ0) is 13.7. The topological polar surface area (TPSA) is 50.4 Å². The summed E-state index contributed by atoms with van der Waals surface area (Å²) in [5.74, 6) is 0.791. The van der Waals surface area contributed by atoms with E-state index in [0.29, 0.717) is 12.2 Å². The Kier molecular flexibility index (Phi) is 6.30. The van der Waals surface area contributed by atoms with Crippen molar-refractivity contribution in [1.29, 1.82) is 0 Å². The second-order valence-corrected chi connectivity index (χ2v) is 5.22. The highest BCUT2D eigenvalue weighted by molar-refractivity contribution is 5.94. The van der Waals surface area contributed by atoms with Gasteiger partial charge in [-0.2, -0.15) is 0 Å². The highest BCUT2D eigenvalue weighted by atomic mass is 35.5. The van der Waals surface area contributed by atoms with Gasteiger partial charge in [-0.15, -0.1) is 12.4 Å². The molecule has 1 aliphatic rings. The first kappa shape index (κ1) is 16.8. The number of carbonyl (C=O) groups is 1. The summed E-state index contributed by atoms with van der Waals surface area (Å²) < 4.78 is 5.37. The second kappa shape index (κ2) is 7.50. The summed E-state index contributed by atoms with van der Waals surface area (Å²) >= 11 is 0. The summed E-state index contributed by atoms with van der Waals surface area (Å²) in [6.45, 7) is 6.61. The molecule has 1 heterocycles. The highest BCUT2D eigenvalue weighted by Gasteiger charge is 2.28. The molecule has 0 saturated carbocycles. The molecule has 112 valence electrons. The van der Waals surface area contributed by atoms with Crippen molar-refractivity contribution in [2.45, 2.75) is 32.2 Å². The summed E-state index contributed by atoms with van der Waals surface area (Å²) in [4.78, 5) is 12.2. The van der Waals surface area contributed by atoms with Crippen LogP contribution in [-0.4, -0.2) is 31.1 Å². The fourth-order valence-corrected chi connectivity index (χ4v) is 2.32. The molecular formula is C15H23ClN2O2. The van der Waals surface area contributed by atoms with Crippen LogP contribution < -0.4 is 15.4 Å². The third kappa shape index (κ3) is 4.39. The van der Waals surface area contributed by atoms with Gasteiger partial charge in [0.25, 0.3) is 5.91 Å². The Morgan fingerprint density at radius 1 is 1.30 bits per heavy atom. The van der Waals surface area contributed by atoms with E-state index in [4.69, 9.17) is 4.74 Å². The first-order valence-corrected chi connectivity index (χ1v) is 6.89. The van der Waals surface area contributed by atoms with Crippen molar-refractivity contribution in [2.75, 3.05) is 19.7 Å². The van der Waals surface area contributed by atoms with Crippen molar-refractivity contribution in [3.05, 3.63) is 29.8 Å². The van der Waals surface area contributed by atoms with Crippen LogP contribution >= 0.6 is 12.4 Å². The number of benzene rings is 1. The van der Waals surface area contributed by atoms with Crippen LogP contribution in [0.25, 0.3) is 0 Å². The fraction of sp³-hybridized carbons (Fsp3) is 0.533. The number of hydrogen-bond acceptors (Lipinski definition) is 3. The molecule has 0 aromatic heterocycles. The maximum Gasteiger partial charge on any atom is 0.251 e. The average Bonchev–Trinajstić information content (AvgIpc) is 2.40. The summed E-state index contributed by atoms with van der Waals surface area (Å²) in [5.41, 5.74) is 0.587. The number of ether oxygens (including phenoxy) is 1. The summed E-state index contributed by atoms with van der Waals surface area (Å²) in [6, 6.07) is 7.29. The van der Waals surface area contributed by atoms with Gasteiger partial charge in [0.2, 0.25) is 0 Å². The maximum absolute atomic E-state index is 12.2. The lowest BCUT2D eigenvalue weighted by atomic mass is 9.90. The largest absolute Gasteiger partial charge is 0.494 e. The molecule has 0 radical (unpaired) electrons. The molecule has 5 heteroatoms. The number of piperidine rings is 1. The molecule has 1 saturated heterocycles. The number of rotatable bonds is 4. The highest BCUT2D eigenvalue weighted by Crippen LogP contribution is 2.19. The van der Waals surface area contributed by atoms with Crippen molar-refractivity contribution in [2.24, 2.45) is 0 Å². The lowest BCUT2D eigenvalue weighted by Gasteiger charge is -2.35. The predicted octanol–water partition coefficient (Wildman–Crippen LogP) is 2.38. The summed E-state index contributed by atoms with van der Waals surface area (Å²) in [7, 11) is 0. The molecule has 1 aromatic carbocycles. The number of carbonyl (C=O) groups excluding carboxylic acids is 1. The van der Waals surface area contributed by atoms with Crippen LogP contribution in [0.5, 0.6) is 5.75 Å². The predicted molar refractivity (Wildman–Crippen MR) is 82.8 cm³/mol. The van der Waals surface area contributed by atoms with E-state index in [0.717, 1.165) is 31.7 Å². The van der Waals surface area contributed by atoms with Gasteiger partial charge in [0.15, 0.2) is 0 Å². The van der Waals surface area contributed by atoms with Crippen molar-refractivity contribution >= 4 is 18.3 Å². The van der Waals surface area contributed by atoms with Crippen molar-refractivity contribution in [3.63, 3.8) is 0 Å². The molecule has 0 bridgehead atoms. The number of amides is 1. The number of hydrogen-bond donors (Lipinski definition) is 2. The molecular weight excluding hydrogens is 276 g/mol. The quantitative estimate of drug-likeness (QED) is 0.897. The summed E-state index contributed by atoms with van der Waals surface area (Å²) in [5, 5.41) is 6.45. The zero-order valence-electron chi connectivity index (χ0n) is 12.1. The molecule has 4 nitrogen and oxygen atoms in total. The Hall–Kier alpha value is -1.26. The van der Waals surface area contributed by atoms with Crippen LogP contribution in [-0.2, 0) is 0 Å².